The lowest BCUT2D eigenvalue weighted by Gasteiger charge is -2.17. The number of hydrogen-bond donors (Lipinski definition) is 3. The average molecular weight is 523 g/mol. The third-order valence-electron chi connectivity index (χ3n) is 5.63. The highest BCUT2D eigenvalue weighted by molar-refractivity contribution is 8.00. The summed E-state index contributed by atoms with van der Waals surface area (Å²) in [6, 6.07) is 22.0. The van der Waals surface area contributed by atoms with Crippen LogP contribution in [0, 0.1) is 0 Å². The molecule has 0 fully saturated rings. The van der Waals surface area contributed by atoms with Crippen LogP contribution in [0.3, 0.4) is 0 Å². The molecule has 0 radical (unpaired) electrons. The van der Waals surface area contributed by atoms with Gasteiger partial charge in [0.2, 0.25) is 0 Å². The van der Waals surface area contributed by atoms with E-state index in [4.69, 9.17) is 26.3 Å². The number of fused-ring (bicyclic) bond motifs is 1. The highest BCUT2D eigenvalue weighted by atomic mass is 35.5. The minimum Gasteiger partial charge on any atom is -0.497 e. The first-order valence-corrected chi connectivity index (χ1v) is 12.9. The SMILES string of the molecule is COc1ccc(Cl)c(Nc2nc3ccccc3nc2NSc2cccc(C(C)NCCN(C)C)c2)c1. The van der Waals surface area contributed by atoms with Crippen molar-refractivity contribution in [2.45, 2.75) is 17.9 Å². The fourth-order valence-corrected chi connectivity index (χ4v) is 4.45. The number of rotatable bonds is 11. The minimum absolute atomic E-state index is 0.249. The molecule has 1 heterocycles. The van der Waals surface area contributed by atoms with Gasteiger partial charge in [-0.15, -0.1) is 0 Å². The number of nitrogens with one attached hydrogen (secondary N) is 3. The zero-order chi connectivity index (χ0) is 25.5. The van der Waals surface area contributed by atoms with Crippen LogP contribution in [-0.4, -0.2) is 49.2 Å². The molecule has 0 aliphatic heterocycles. The Hall–Kier alpha value is -3.04. The Kier molecular flexibility index (Phi) is 8.88. The number of ether oxygens (including phenoxy) is 1. The number of likely N-dealkylation sites (N-methyl/N-ethyl adjacent to an activating group) is 1. The second kappa shape index (κ2) is 12.3. The molecule has 0 bridgehead atoms. The van der Waals surface area contributed by atoms with Gasteiger partial charge in [-0.1, -0.05) is 35.9 Å². The Morgan fingerprint density at radius 2 is 1.72 bits per heavy atom. The minimum atomic E-state index is 0.249. The van der Waals surface area contributed by atoms with Crippen molar-refractivity contribution in [2.75, 3.05) is 44.3 Å². The van der Waals surface area contributed by atoms with Crippen LogP contribution in [0.5, 0.6) is 5.75 Å². The van der Waals surface area contributed by atoms with Gasteiger partial charge >= 0.3 is 0 Å². The van der Waals surface area contributed by atoms with Crippen molar-refractivity contribution < 1.29 is 4.74 Å². The molecule has 7 nitrogen and oxygen atoms in total. The summed E-state index contributed by atoms with van der Waals surface area (Å²) in [4.78, 5) is 12.9. The molecule has 1 atom stereocenters. The molecule has 0 spiro atoms. The van der Waals surface area contributed by atoms with Gasteiger partial charge < -0.3 is 25.0 Å². The maximum atomic E-state index is 6.45. The van der Waals surface area contributed by atoms with Gasteiger partial charge in [0, 0.05) is 30.1 Å². The van der Waals surface area contributed by atoms with E-state index in [1.54, 1.807) is 13.2 Å². The smallest absolute Gasteiger partial charge is 0.180 e. The number of methoxy groups -OCH3 is 1. The van der Waals surface area contributed by atoms with Crippen LogP contribution in [0.4, 0.5) is 17.3 Å². The predicted octanol–water partition coefficient (Wildman–Crippen LogP) is 6.37. The van der Waals surface area contributed by atoms with Crippen molar-refractivity contribution in [1.82, 2.24) is 20.2 Å². The normalized spacial score (nSPS) is 12.1. The monoisotopic (exact) mass is 522 g/mol. The zero-order valence-electron chi connectivity index (χ0n) is 20.9. The molecule has 0 saturated heterocycles. The molecular formula is C27H31ClN6OS. The maximum Gasteiger partial charge on any atom is 0.180 e. The third-order valence-corrected chi connectivity index (χ3v) is 6.74. The second-order valence-electron chi connectivity index (χ2n) is 8.64. The van der Waals surface area contributed by atoms with Crippen molar-refractivity contribution in [1.29, 1.82) is 0 Å². The van der Waals surface area contributed by atoms with Crippen LogP contribution in [0.2, 0.25) is 5.02 Å². The Labute approximate surface area is 221 Å². The molecule has 36 heavy (non-hydrogen) atoms. The highest BCUT2D eigenvalue weighted by Crippen LogP contribution is 2.33. The first-order valence-electron chi connectivity index (χ1n) is 11.7. The van der Waals surface area contributed by atoms with E-state index in [0.717, 1.165) is 29.0 Å². The Bertz CT molecular complexity index is 1320. The molecule has 4 rings (SSSR count). The number of para-hydroxylation sites is 2. The third kappa shape index (κ3) is 6.79. The van der Waals surface area contributed by atoms with E-state index in [9.17, 15) is 0 Å². The summed E-state index contributed by atoms with van der Waals surface area (Å²) in [5.74, 6) is 1.89. The van der Waals surface area contributed by atoms with Crippen LogP contribution in [0.15, 0.2) is 71.6 Å². The van der Waals surface area contributed by atoms with E-state index in [0.29, 0.717) is 28.1 Å². The predicted molar refractivity (Wildman–Crippen MR) is 152 cm³/mol. The molecule has 4 aromatic rings. The molecule has 9 heteroatoms. The van der Waals surface area contributed by atoms with Gasteiger partial charge in [0.05, 0.1) is 28.9 Å². The van der Waals surface area contributed by atoms with Crippen molar-refractivity contribution in [3.63, 3.8) is 0 Å². The van der Waals surface area contributed by atoms with Crippen LogP contribution >= 0.6 is 23.5 Å². The summed E-state index contributed by atoms with van der Waals surface area (Å²) in [5, 5.41) is 7.47. The lowest BCUT2D eigenvalue weighted by Crippen LogP contribution is -2.28. The van der Waals surface area contributed by atoms with E-state index in [-0.39, 0.29) is 6.04 Å². The Balaban J connectivity index is 1.55. The Morgan fingerprint density at radius 1 is 0.972 bits per heavy atom. The maximum absolute atomic E-state index is 6.45. The van der Waals surface area contributed by atoms with Gasteiger partial charge in [0.1, 0.15) is 5.75 Å². The standard InChI is InChI=1S/C27H31ClN6OS/c1-18(29-14-15-34(2)3)19-8-7-9-21(16-19)36-33-27-26(30-23-10-5-6-11-24(23)31-27)32-25-17-20(35-4)12-13-22(25)28/h5-13,16-18,29H,14-15H2,1-4H3,(H,30,32)(H,31,33). The van der Waals surface area contributed by atoms with Crippen molar-refractivity contribution in [2.24, 2.45) is 0 Å². The van der Waals surface area contributed by atoms with Crippen LogP contribution in [0.1, 0.15) is 18.5 Å². The van der Waals surface area contributed by atoms with Crippen LogP contribution < -0.4 is 20.1 Å². The number of halogens is 1. The largest absolute Gasteiger partial charge is 0.497 e. The highest BCUT2D eigenvalue weighted by Gasteiger charge is 2.13. The summed E-state index contributed by atoms with van der Waals surface area (Å²) >= 11 is 7.94. The van der Waals surface area contributed by atoms with Gasteiger partial charge in [-0.25, -0.2) is 9.97 Å². The Morgan fingerprint density at radius 3 is 2.44 bits per heavy atom. The molecule has 1 aromatic heterocycles. The number of anilines is 3. The summed E-state index contributed by atoms with van der Waals surface area (Å²) in [6.45, 7) is 4.11. The first kappa shape index (κ1) is 26.0. The van der Waals surface area contributed by atoms with Gasteiger partial charge in [0.15, 0.2) is 11.6 Å². The van der Waals surface area contributed by atoms with Gasteiger partial charge in [-0.05, 0) is 74.9 Å². The topological polar surface area (TPSA) is 74.3 Å². The average Bonchev–Trinajstić information content (AvgIpc) is 2.88. The zero-order valence-corrected chi connectivity index (χ0v) is 22.5. The fraction of sp³-hybridized carbons (Fsp3) is 0.259. The number of benzene rings is 3. The van der Waals surface area contributed by atoms with Crippen LogP contribution in [-0.2, 0) is 0 Å². The van der Waals surface area contributed by atoms with E-state index >= 15 is 0 Å². The van der Waals surface area contributed by atoms with Crippen molar-refractivity contribution in [3.05, 3.63) is 77.3 Å². The number of hydrogen-bond acceptors (Lipinski definition) is 8. The van der Waals surface area contributed by atoms with Crippen LogP contribution in [0.25, 0.3) is 11.0 Å². The van der Waals surface area contributed by atoms with Gasteiger partial charge in [-0.3, -0.25) is 0 Å². The van der Waals surface area contributed by atoms with Crippen molar-refractivity contribution >= 4 is 51.9 Å². The van der Waals surface area contributed by atoms with E-state index in [1.165, 1.54) is 17.5 Å². The summed E-state index contributed by atoms with van der Waals surface area (Å²) in [6.07, 6.45) is 0. The summed E-state index contributed by atoms with van der Waals surface area (Å²) < 4.78 is 8.75. The number of aromatic nitrogens is 2. The molecule has 3 N–H and O–H groups in total. The van der Waals surface area contributed by atoms with Gasteiger partial charge in [0.25, 0.3) is 0 Å². The molecule has 0 aliphatic carbocycles. The molecule has 1 unspecified atom stereocenters. The van der Waals surface area contributed by atoms with E-state index in [1.807, 2.05) is 36.4 Å². The number of nitrogens with zero attached hydrogens (tertiary/aromatic N) is 3. The lowest BCUT2D eigenvalue weighted by atomic mass is 10.1. The lowest BCUT2D eigenvalue weighted by molar-refractivity contribution is 0.389. The van der Waals surface area contributed by atoms with Crippen molar-refractivity contribution in [3.8, 4) is 5.75 Å². The van der Waals surface area contributed by atoms with E-state index < -0.39 is 0 Å². The molecular weight excluding hydrogens is 492 g/mol. The molecule has 188 valence electrons. The quantitative estimate of drug-likeness (QED) is 0.196. The fourth-order valence-electron chi connectivity index (χ4n) is 3.59. The molecule has 3 aromatic carbocycles. The second-order valence-corrected chi connectivity index (χ2v) is 9.92. The molecule has 0 aliphatic rings. The molecule has 0 saturated carbocycles. The van der Waals surface area contributed by atoms with E-state index in [2.05, 4.69) is 65.5 Å². The van der Waals surface area contributed by atoms with Gasteiger partial charge in [-0.2, -0.15) is 0 Å². The summed E-state index contributed by atoms with van der Waals surface area (Å²) in [5.41, 5.74) is 3.50. The first-order chi connectivity index (χ1) is 17.4. The summed E-state index contributed by atoms with van der Waals surface area (Å²) in [7, 11) is 5.78. The molecule has 0 amide bonds.